The van der Waals surface area contributed by atoms with Crippen LogP contribution in [-0.2, 0) is 19.6 Å². The van der Waals surface area contributed by atoms with Crippen molar-refractivity contribution in [1.29, 1.82) is 0 Å². The molecule has 2 heterocycles. The van der Waals surface area contributed by atoms with Gasteiger partial charge in [-0.15, -0.1) is 24.0 Å². The summed E-state index contributed by atoms with van der Waals surface area (Å²) in [6.07, 6.45) is 2.83. The molecule has 0 saturated carbocycles. The van der Waals surface area contributed by atoms with Crippen LogP contribution in [0.2, 0.25) is 0 Å². The lowest BCUT2D eigenvalue weighted by molar-refractivity contribution is 0.287. The number of aliphatic imine (C=N–C) groups is 1. The Morgan fingerprint density at radius 3 is 2.71 bits per heavy atom. The van der Waals surface area contributed by atoms with E-state index in [-0.39, 0.29) is 24.0 Å². The lowest BCUT2D eigenvalue weighted by Gasteiger charge is -2.20. The van der Waals surface area contributed by atoms with Gasteiger partial charge in [-0.05, 0) is 36.7 Å². The van der Waals surface area contributed by atoms with E-state index >= 15 is 0 Å². The van der Waals surface area contributed by atoms with Crippen molar-refractivity contribution in [1.82, 2.24) is 15.5 Å². The summed E-state index contributed by atoms with van der Waals surface area (Å²) in [6.45, 7) is 4.39. The Labute approximate surface area is 160 Å². The minimum absolute atomic E-state index is 0. The van der Waals surface area contributed by atoms with Crippen molar-refractivity contribution in [3.8, 4) is 0 Å². The molecule has 130 valence electrons. The van der Waals surface area contributed by atoms with Gasteiger partial charge in [0.25, 0.3) is 0 Å². The molecule has 1 aliphatic rings. The van der Waals surface area contributed by atoms with Crippen LogP contribution in [0, 0.1) is 0 Å². The summed E-state index contributed by atoms with van der Waals surface area (Å²) in [7, 11) is 2.11. The van der Waals surface area contributed by atoms with Gasteiger partial charge in [-0.25, -0.2) is 0 Å². The highest BCUT2D eigenvalue weighted by Gasteiger charge is 2.09. The Balaban J connectivity index is 0.00000208. The monoisotopic (exact) mass is 440 g/mol. The Kier molecular flexibility index (Phi) is 7.58. The highest BCUT2D eigenvalue weighted by Crippen LogP contribution is 2.13. The summed E-state index contributed by atoms with van der Waals surface area (Å²) in [5, 5.41) is 6.69. The number of benzene rings is 1. The van der Waals surface area contributed by atoms with E-state index in [0.717, 1.165) is 50.9 Å². The maximum Gasteiger partial charge on any atom is 0.191 e. The van der Waals surface area contributed by atoms with Crippen molar-refractivity contribution in [2.45, 2.75) is 26.1 Å². The van der Waals surface area contributed by atoms with Gasteiger partial charge in [-0.3, -0.25) is 9.89 Å². The molecule has 1 aromatic carbocycles. The molecular formula is C18H25IN4O. The molecule has 1 aliphatic heterocycles. The summed E-state index contributed by atoms with van der Waals surface area (Å²) in [4.78, 5) is 6.71. The number of furan rings is 1. The smallest absolute Gasteiger partial charge is 0.191 e. The van der Waals surface area contributed by atoms with Crippen LogP contribution in [0.3, 0.4) is 0 Å². The molecule has 6 heteroatoms. The lowest BCUT2D eigenvalue weighted by Crippen LogP contribution is -2.40. The van der Waals surface area contributed by atoms with Crippen molar-refractivity contribution >= 4 is 29.9 Å². The van der Waals surface area contributed by atoms with E-state index < -0.39 is 0 Å². The Bertz CT molecular complexity index is 642. The summed E-state index contributed by atoms with van der Waals surface area (Å²) < 4.78 is 5.42. The molecule has 0 bridgehead atoms. The molecule has 2 aromatic rings. The fourth-order valence-electron chi connectivity index (χ4n) is 2.73. The van der Waals surface area contributed by atoms with Crippen LogP contribution in [0.4, 0.5) is 0 Å². The second kappa shape index (κ2) is 9.68. The number of hydrogen-bond donors (Lipinski definition) is 2. The Morgan fingerprint density at radius 1 is 1.17 bits per heavy atom. The van der Waals surface area contributed by atoms with Gasteiger partial charge < -0.3 is 15.1 Å². The van der Waals surface area contributed by atoms with Crippen LogP contribution in [0.5, 0.6) is 0 Å². The standard InChI is InChI=1S/C18H24N4O.HI/c1-22(14-17-8-4-11-23-17)13-16-7-3-2-6-15(16)12-21-18-19-9-5-10-20-18;/h2-4,6-8,11H,5,9-10,12-14H2,1H3,(H2,19,20,21);1H. The average molecular weight is 440 g/mol. The topological polar surface area (TPSA) is 52.8 Å². The van der Waals surface area contributed by atoms with Crippen LogP contribution in [0.15, 0.2) is 52.1 Å². The molecule has 0 amide bonds. The molecule has 0 unspecified atom stereocenters. The first kappa shape index (κ1) is 18.8. The zero-order valence-electron chi connectivity index (χ0n) is 14.0. The van der Waals surface area contributed by atoms with Crippen molar-refractivity contribution < 1.29 is 4.42 Å². The van der Waals surface area contributed by atoms with E-state index in [1.807, 2.05) is 12.1 Å². The minimum atomic E-state index is 0. The van der Waals surface area contributed by atoms with E-state index in [1.165, 1.54) is 11.1 Å². The van der Waals surface area contributed by atoms with Crippen LogP contribution < -0.4 is 10.6 Å². The number of hydrogen-bond acceptors (Lipinski definition) is 5. The van der Waals surface area contributed by atoms with E-state index in [1.54, 1.807) is 6.26 Å². The van der Waals surface area contributed by atoms with Crippen molar-refractivity contribution in [3.05, 3.63) is 59.5 Å². The first-order chi connectivity index (χ1) is 11.3. The fourth-order valence-corrected chi connectivity index (χ4v) is 2.73. The van der Waals surface area contributed by atoms with Gasteiger partial charge >= 0.3 is 0 Å². The molecule has 5 nitrogen and oxygen atoms in total. The Hall–Kier alpha value is -1.54. The van der Waals surface area contributed by atoms with Gasteiger partial charge in [-0.1, -0.05) is 24.3 Å². The summed E-state index contributed by atoms with van der Waals surface area (Å²) in [5.41, 5.74) is 2.62. The molecule has 0 fully saturated rings. The van der Waals surface area contributed by atoms with E-state index in [0.29, 0.717) is 0 Å². The van der Waals surface area contributed by atoms with E-state index in [4.69, 9.17) is 4.42 Å². The van der Waals surface area contributed by atoms with Crippen LogP contribution in [-0.4, -0.2) is 31.0 Å². The minimum Gasteiger partial charge on any atom is -0.468 e. The van der Waals surface area contributed by atoms with Gasteiger partial charge in [0.05, 0.1) is 12.8 Å². The lowest BCUT2D eigenvalue weighted by atomic mass is 10.1. The second-order valence-corrected chi connectivity index (χ2v) is 5.88. The molecule has 0 spiro atoms. The van der Waals surface area contributed by atoms with Gasteiger partial charge in [0, 0.05) is 26.2 Å². The molecule has 0 aliphatic carbocycles. The third kappa shape index (κ3) is 5.52. The number of nitrogens with one attached hydrogen (secondary N) is 2. The SMILES string of the molecule is CN(Cc1ccco1)Cc1ccccc1CNC1=NCCCN1.I. The first-order valence-electron chi connectivity index (χ1n) is 8.11. The normalized spacial score (nSPS) is 13.8. The zero-order valence-corrected chi connectivity index (χ0v) is 16.3. The van der Waals surface area contributed by atoms with Gasteiger partial charge in [-0.2, -0.15) is 0 Å². The van der Waals surface area contributed by atoms with E-state index in [2.05, 4.69) is 51.8 Å². The number of halogens is 1. The van der Waals surface area contributed by atoms with Crippen LogP contribution in [0.1, 0.15) is 23.3 Å². The summed E-state index contributed by atoms with van der Waals surface area (Å²) >= 11 is 0. The third-order valence-corrected chi connectivity index (χ3v) is 3.91. The maximum atomic E-state index is 5.42. The van der Waals surface area contributed by atoms with E-state index in [9.17, 15) is 0 Å². The molecule has 0 saturated heterocycles. The van der Waals surface area contributed by atoms with Crippen LogP contribution >= 0.6 is 24.0 Å². The average Bonchev–Trinajstić information content (AvgIpc) is 3.08. The second-order valence-electron chi connectivity index (χ2n) is 5.88. The number of guanidine groups is 1. The molecule has 1 aromatic heterocycles. The zero-order chi connectivity index (χ0) is 15.9. The van der Waals surface area contributed by atoms with Crippen LogP contribution in [0.25, 0.3) is 0 Å². The molecular weight excluding hydrogens is 415 g/mol. The summed E-state index contributed by atoms with van der Waals surface area (Å²) in [6, 6.07) is 12.5. The quantitative estimate of drug-likeness (QED) is 0.679. The number of rotatable bonds is 6. The summed E-state index contributed by atoms with van der Waals surface area (Å²) in [5.74, 6) is 1.90. The predicted octanol–water partition coefficient (Wildman–Crippen LogP) is 2.97. The molecule has 2 N–H and O–H groups in total. The van der Waals surface area contributed by atoms with Gasteiger partial charge in [0.15, 0.2) is 5.96 Å². The molecule has 0 radical (unpaired) electrons. The largest absolute Gasteiger partial charge is 0.468 e. The first-order valence-corrected chi connectivity index (χ1v) is 8.11. The number of nitrogens with zero attached hydrogens (tertiary/aromatic N) is 2. The Morgan fingerprint density at radius 2 is 2.00 bits per heavy atom. The van der Waals surface area contributed by atoms with Gasteiger partial charge in [0.1, 0.15) is 5.76 Å². The molecule has 24 heavy (non-hydrogen) atoms. The van der Waals surface area contributed by atoms with Crippen molar-refractivity contribution in [2.24, 2.45) is 4.99 Å². The van der Waals surface area contributed by atoms with Crippen molar-refractivity contribution in [3.63, 3.8) is 0 Å². The third-order valence-electron chi connectivity index (χ3n) is 3.91. The van der Waals surface area contributed by atoms with Crippen molar-refractivity contribution in [2.75, 3.05) is 20.1 Å². The maximum absolute atomic E-state index is 5.42. The van der Waals surface area contributed by atoms with Gasteiger partial charge in [0.2, 0.25) is 0 Å². The molecule has 0 atom stereocenters. The highest BCUT2D eigenvalue weighted by molar-refractivity contribution is 14.0. The molecule has 3 rings (SSSR count). The predicted molar refractivity (Wildman–Crippen MR) is 107 cm³/mol. The fraction of sp³-hybridized carbons (Fsp3) is 0.389. The highest BCUT2D eigenvalue weighted by atomic mass is 127.